The van der Waals surface area contributed by atoms with Gasteiger partial charge in [-0.3, -0.25) is 0 Å². The van der Waals surface area contributed by atoms with Crippen molar-refractivity contribution in [2.45, 2.75) is 19.3 Å². The molecule has 4 rings (SSSR count). The Balaban J connectivity index is 1.55. The lowest BCUT2D eigenvalue weighted by molar-refractivity contribution is 0.141. The number of aromatic nitrogens is 2. The predicted molar refractivity (Wildman–Crippen MR) is 101 cm³/mol. The average molecular weight is 369 g/mol. The Morgan fingerprint density at radius 2 is 1.81 bits per heavy atom. The van der Waals surface area contributed by atoms with Crippen LogP contribution in [0.25, 0.3) is 10.9 Å². The molecule has 2 heterocycles. The number of hydrogen-bond acceptors (Lipinski definition) is 4. The summed E-state index contributed by atoms with van der Waals surface area (Å²) in [6.45, 7) is 2.13. The van der Waals surface area contributed by atoms with Gasteiger partial charge in [-0.1, -0.05) is 30.3 Å². The Hall–Kier alpha value is -2.76. The van der Waals surface area contributed by atoms with Gasteiger partial charge in [-0.15, -0.1) is 0 Å². The van der Waals surface area contributed by atoms with E-state index >= 15 is 0 Å². The Labute approximate surface area is 156 Å². The van der Waals surface area contributed by atoms with E-state index in [0.717, 1.165) is 37.1 Å². The minimum absolute atomic E-state index is 0.322. The molecule has 1 atom stereocenters. The maximum Gasteiger partial charge on any atom is 0.297 e. The van der Waals surface area contributed by atoms with Crippen molar-refractivity contribution < 1.29 is 13.5 Å². The maximum absolute atomic E-state index is 13.3. The summed E-state index contributed by atoms with van der Waals surface area (Å²) in [5, 5.41) is 0.812. The molecule has 0 amide bonds. The molecule has 1 fully saturated rings. The Morgan fingerprint density at radius 1 is 1.04 bits per heavy atom. The van der Waals surface area contributed by atoms with Crippen molar-refractivity contribution >= 4 is 16.7 Å². The van der Waals surface area contributed by atoms with Gasteiger partial charge < -0.3 is 9.64 Å². The second-order valence-electron chi connectivity index (χ2n) is 6.80. The summed E-state index contributed by atoms with van der Waals surface area (Å²) in [5.74, 6) is 1.36. The molecule has 2 aromatic carbocycles. The first kappa shape index (κ1) is 17.6. The minimum Gasteiger partial charge on any atom is -0.493 e. The molecule has 140 valence electrons. The van der Waals surface area contributed by atoms with Gasteiger partial charge in [0.05, 0.1) is 12.1 Å². The summed E-state index contributed by atoms with van der Waals surface area (Å²) < 4.78 is 32.4. The molecule has 0 radical (unpaired) electrons. The molecule has 3 aromatic rings. The van der Waals surface area contributed by atoms with Crippen LogP contribution in [0, 0.1) is 5.92 Å². The highest BCUT2D eigenvalue weighted by atomic mass is 19.3. The lowest BCUT2D eigenvalue weighted by Crippen LogP contribution is -2.38. The average Bonchev–Trinajstić information content (AvgIpc) is 2.72. The van der Waals surface area contributed by atoms with Crippen LogP contribution in [0.4, 0.5) is 14.6 Å². The Morgan fingerprint density at radius 3 is 2.63 bits per heavy atom. The van der Waals surface area contributed by atoms with E-state index in [2.05, 4.69) is 14.9 Å². The standard InChI is InChI=1S/C21H21F2N3O/c22-19(23)20-24-18-11-5-4-10-17(18)21(25-20)26-12-6-7-15(13-26)14-27-16-8-2-1-3-9-16/h1-5,8-11,15,19H,6-7,12-14H2. The number of alkyl halides is 2. The molecular weight excluding hydrogens is 348 g/mol. The molecular formula is C21H21F2N3O. The molecule has 1 aromatic heterocycles. The number of para-hydroxylation sites is 2. The van der Waals surface area contributed by atoms with E-state index in [-0.39, 0.29) is 0 Å². The van der Waals surface area contributed by atoms with Crippen molar-refractivity contribution in [3.05, 3.63) is 60.4 Å². The van der Waals surface area contributed by atoms with Crippen LogP contribution in [-0.2, 0) is 0 Å². The monoisotopic (exact) mass is 369 g/mol. The molecule has 6 heteroatoms. The van der Waals surface area contributed by atoms with Crippen LogP contribution in [-0.4, -0.2) is 29.7 Å². The number of nitrogens with zero attached hydrogens (tertiary/aromatic N) is 3. The van der Waals surface area contributed by atoms with Gasteiger partial charge in [-0.05, 0) is 37.1 Å². The summed E-state index contributed by atoms with van der Waals surface area (Å²) in [6.07, 6.45) is -0.658. The van der Waals surface area contributed by atoms with Crippen LogP contribution in [0.1, 0.15) is 25.1 Å². The third-order valence-corrected chi connectivity index (χ3v) is 4.84. The summed E-state index contributed by atoms with van der Waals surface area (Å²) >= 11 is 0. The van der Waals surface area contributed by atoms with Crippen LogP contribution in [0.15, 0.2) is 54.6 Å². The first-order valence-corrected chi connectivity index (χ1v) is 9.18. The third-order valence-electron chi connectivity index (χ3n) is 4.84. The number of rotatable bonds is 5. The highest BCUT2D eigenvalue weighted by Gasteiger charge is 2.25. The number of anilines is 1. The fourth-order valence-corrected chi connectivity index (χ4v) is 3.54. The largest absolute Gasteiger partial charge is 0.493 e. The normalized spacial score (nSPS) is 17.4. The fraction of sp³-hybridized carbons (Fsp3) is 0.333. The zero-order valence-corrected chi connectivity index (χ0v) is 14.9. The number of hydrogen-bond donors (Lipinski definition) is 0. The van der Waals surface area contributed by atoms with Gasteiger partial charge in [0.15, 0.2) is 5.82 Å². The van der Waals surface area contributed by atoms with Crippen LogP contribution in [0.3, 0.4) is 0 Å². The number of ether oxygens (including phenoxy) is 1. The summed E-state index contributed by atoms with van der Waals surface area (Å²) in [6, 6.07) is 17.1. The third kappa shape index (κ3) is 3.99. The summed E-state index contributed by atoms with van der Waals surface area (Å²) in [5.41, 5.74) is 0.556. The zero-order valence-electron chi connectivity index (χ0n) is 14.9. The van der Waals surface area contributed by atoms with Crippen molar-refractivity contribution in [1.29, 1.82) is 0 Å². The second-order valence-corrected chi connectivity index (χ2v) is 6.80. The van der Waals surface area contributed by atoms with Crippen LogP contribution >= 0.6 is 0 Å². The molecule has 1 unspecified atom stereocenters. The van der Waals surface area contributed by atoms with Crippen LogP contribution in [0.5, 0.6) is 5.75 Å². The Kier molecular flexibility index (Phi) is 5.14. The van der Waals surface area contributed by atoms with E-state index in [1.54, 1.807) is 12.1 Å². The molecule has 0 saturated carbocycles. The van der Waals surface area contributed by atoms with E-state index in [0.29, 0.717) is 23.9 Å². The first-order chi connectivity index (χ1) is 13.2. The molecule has 1 saturated heterocycles. The molecule has 1 aliphatic heterocycles. The minimum atomic E-state index is -2.68. The molecule has 4 nitrogen and oxygen atoms in total. The lowest BCUT2D eigenvalue weighted by Gasteiger charge is -2.34. The van der Waals surface area contributed by atoms with E-state index < -0.39 is 12.2 Å². The predicted octanol–water partition coefficient (Wildman–Crippen LogP) is 4.86. The first-order valence-electron chi connectivity index (χ1n) is 9.18. The summed E-state index contributed by atoms with van der Waals surface area (Å²) in [7, 11) is 0. The van der Waals surface area contributed by atoms with Crippen molar-refractivity contribution in [3.63, 3.8) is 0 Å². The van der Waals surface area contributed by atoms with Gasteiger partial charge in [-0.25, -0.2) is 18.7 Å². The highest BCUT2D eigenvalue weighted by molar-refractivity contribution is 5.89. The molecule has 0 spiro atoms. The zero-order chi connectivity index (χ0) is 18.6. The second kappa shape index (κ2) is 7.86. The van der Waals surface area contributed by atoms with Crippen LogP contribution < -0.4 is 9.64 Å². The maximum atomic E-state index is 13.3. The topological polar surface area (TPSA) is 38.2 Å². The molecule has 27 heavy (non-hydrogen) atoms. The van der Waals surface area contributed by atoms with E-state index in [1.807, 2.05) is 42.5 Å². The Bertz CT molecular complexity index is 904. The van der Waals surface area contributed by atoms with Crippen molar-refractivity contribution in [3.8, 4) is 5.75 Å². The molecule has 0 bridgehead atoms. The van der Waals surface area contributed by atoms with Crippen molar-refractivity contribution in [2.24, 2.45) is 5.92 Å². The van der Waals surface area contributed by atoms with E-state index in [1.165, 1.54) is 0 Å². The highest BCUT2D eigenvalue weighted by Crippen LogP contribution is 2.30. The van der Waals surface area contributed by atoms with Gasteiger partial charge in [-0.2, -0.15) is 0 Å². The van der Waals surface area contributed by atoms with Gasteiger partial charge in [0, 0.05) is 24.4 Å². The van der Waals surface area contributed by atoms with Gasteiger partial charge in [0.2, 0.25) is 0 Å². The number of fused-ring (bicyclic) bond motifs is 1. The van der Waals surface area contributed by atoms with Gasteiger partial charge in [0.1, 0.15) is 11.6 Å². The quantitative estimate of drug-likeness (QED) is 0.644. The summed E-state index contributed by atoms with van der Waals surface area (Å²) in [4.78, 5) is 10.3. The van der Waals surface area contributed by atoms with Gasteiger partial charge >= 0.3 is 0 Å². The van der Waals surface area contributed by atoms with E-state index in [9.17, 15) is 8.78 Å². The molecule has 0 N–H and O–H groups in total. The lowest BCUT2D eigenvalue weighted by atomic mass is 9.98. The molecule has 0 aliphatic carbocycles. The van der Waals surface area contributed by atoms with Crippen molar-refractivity contribution in [2.75, 3.05) is 24.6 Å². The smallest absolute Gasteiger partial charge is 0.297 e. The fourth-order valence-electron chi connectivity index (χ4n) is 3.54. The van der Waals surface area contributed by atoms with Crippen LogP contribution in [0.2, 0.25) is 0 Å². The van der Waals surface area contributed by atoms with Gasteiger partial charge in [0.25, 0.3) is 6.43 Å². The number of benzene rings is 2. The van der Waals surface area contributed by atoms with E-state index in [4.69, 9.17) is 4.74 Å². The number of halogens is 2. The van der Waals surface area contributed by atoms with Crippen molar-refractivity contribution in [1.82, 2.24) is 9.97 Å². The molecule has 1 aliphatic rings. The SMILES string of the molecule is FC(F)c1nc(N2CCCC(COc3ccccc3)C2)c2ccccc2n1. The number of piperidine rings is 1.